The van der Waals surface area contributed by atoms with Crippen LogP contribution in [0.5, 0.6) is 5.75 Å². The molecule has 11 heteroatoms. The summed E-state index contributed by atoms with van der Waals surface area (Å²) >= 11 is 6.33. The number of benzene rings is 2. The van der Waals surface area contributed by atoms with Gasteiger partial charge >= 0.3 is 6.18 Å². The van der Waals surface area contributed by atoms with E-state index in [-0.39, 0.29) is 30.9 Å². The Labute approximate surface area is 243 Å². The van der Waals surface area contributed by atoms with Crippen molar-refractivity contribution in [3.63, 3.8) is 0 Å². The van der Waals surface area contributed by atoms with Crippen molar-refractivity contribution < 1.29 is 32.2 Å². The van der Waals surface area contributed by atoms with Crippen molar-refractivity contribution in [2.24, 2.45) is 0 Å². The fourth-order valence-corrected chi connectivity index (χ4v) is 5.62. The molecule has 4 rings (SSSR count). The number of amides is 2. The molecule has 0 bridgehead atoms. The molecular formula is C30H37ClF3N3O4. The van der Waals surface area contributed by atoms with Crippen LogP contribution in [0.15, 0.2) is 36.4 Å². The summed E-state index contributed by atoms with van der Waals surface area (Å²) in [5, 5.41) is 3.59. The molecule has 0 spiro atoms. The van der Waals surface area contributed by atoms with Crippen LogP contribution in [-0.2, 0) is 27.0 Å². The van der Waals surface area contributed by atoms with Gasteiger partial charge in [0.2, 0.25) is 11.8 Å². The zero-order valence-electron chi connectivity index (χ0n) is 23.7. The molecule has 224 valence electrons. The Morgan fingerprint density at radius 2 is 1.73 bits per heavy atom. The van der Waals surface area contributed by atoms with Crippen molar-refractivity contribution in [3.05, 3.63) is 63.7 Å². The molecule has 0 aliphatic carbocycles. The Morgan fingerprint density at radius 3 is 2.32 bits per heavy atom. The first-order valence-electron chi connectivity index (χ1n) is 13.8. The summed E-state index contributed by atoms with van der Waals surface area (Å²) in [5.74, 6) is 0.479. The highest BCUT2D eigenvalue weighted by atomic mass is 35.5. The minimum absolute atomic E-state index is 0.0513. The predicted molar refractivity (Wildman–Crippen MR) is 150 cm³/mol. The Kier molecular flexibility index (Phi) is 9.87. The first-order chi connectivity index (χ1) is 19.3. The summed E-state index contributed by atoms with van der Waals surface area (Å²) in [5.41, 5.74) is 0.846. The predicted octanol–water partition coefficient (Wildman–Crippen LogP) is 5.14. The van der Waals surface area contributed by atoms with Gasteiger partial charge in [-0.25, -0.2) is 0 Å². The number of morpholine rings is 1. The minimum atomic E-state index is -4.39. The number of piperidine rings is 1. The number of ether oxygens (including phenoxy) is 2. The maximum Gasteiger partial charge on any atom is 0.416 e. The molecule has 2 heterocycles. The molecule has 1 atom stereocenters. The van der Waals surface area contributed by atoms with Crippen LogP contribution < -0.4 is 10.1 Å². The van der Waals surface area contributed by atoms with E-state index >= 15 is 0 Å². The van der Waals surface area contributed by atoms with Gasteiger partial charge < -0.3 is 19.7 Å². The van der Waals surface area contributed by atoms with Crippen molar-refractivity contribution in [3.8, 4) is 5.75 Å². The molecule has 2 amide bonds. The monoisotopic (exact) mass is 595 g/mol. The lowest BCUT2D eigenvalue weighted by atomic mass is 9.95. The van der Waals surface area contributed by atoms with Crippen molar-refractivity contribution in [2.75, 3.05) is 39.4 Å². The number of alkyl halides is 3. The number of aryl methyl sites for hydroxylation is 2. The zero-order chi connectivity index (χ0) is 29.8. The van der Waals surface area contributed by atoms with E-state index in [0.29, 0.717) is 62.9 Å². The number of carbonyl (C=O) groups is 2. The van der Waals surface area contributed by atoms with Gasteiger partial charge in [0.15, 0.2) is 0 Å². The fourth-order valence-electron chi connectivity index (χ4n) is 5.51. The third kappa shape index (κ3) is 8.36. The number of hydrogen-bond donors (Lipinski definition) is 1. The number of nitrogens with zero attached hydrogens (tertiary/aromatic N) is 2. The lowest BCUT2D eigenvalue weighted by Crippen LogP contribution is -2.57. The standard InChI is InChI=1S/C30H37ClF3N3O4/c1-20-14-26(15-21(2)28(20)31)40-19-29(16-27(39)37-10-8-25(9-11-37)35-22(3)38)18-36(12-13-41-29)17-23-4-6-24(7-5-23)30(32,33)34/h4-7,14-15,25H,8-13,16-19H2,1-3H3,(H,35,38)/t29-/m1/s1. The summed E-state index contributed by atoms with van der Waals surface area (Å²) in [4.78, 5) is 28.8. The smallest absolute Gasteiger partial charge is 0.416 e. The number of carbonyl (C=O) groups excluding carboxylic acids is 2. The zero-order valence-corrected chi connectivity index (χ0v) is 24.4. The lowest BCUT2D eigenvalue weighted by molar-refractivity contribution is -0.157. The number of likely N-dealkylation sites (tertiary alicyclic amines) is 1. The van der Waals surface area contributed by atoms with Crippen molar-refractivity contribution in [1.82, 2.24) is 15.1 Å². The summed E-state index contributed by atoms with van der Waals surface area (Å²) in [6, 6.07) is 8.90. The highest BCUT2D eigenvalue weighted by Crippen LogP contribution is 2.31. The quantitative estimate of drug-likeness (QED) is 0.458. The molecule has 2 aliphatic heterocycles. The van der Waals surface area contributed by atoms with Gasteiger partial charge in [0, 0.05) is 50.7 Å². The van der Waals surface area contributed by atoms with Gasteiger partial charge in [-0.15, -0.1) is 0 Å². The molecule has 2 saturated heterocycles. The molecule has 41 heavy (non-hydrogen) atoms. The maximum absolute atomic E-state index is 13.5. The molecule has 0 radical (unpaired) electrons. The lowest BCUT2D eigenvalue weighted by Gasteiger charge is -2.43. The van der Waals surface area contributed by atoms with Gasteiger partial charge in [-0.2, -0.15) is 13.2 Å². The third-order valence-corrected chi connectivity index (χ3v) is 8.25. The second-order valence-electron chi connectivity index (χ2n) is 11.1. The van der Waals surface area contributed by atoms with E-state index < -0.39 is 17.3 Å². The molecule has 2 aromatic rings. The molecule has 2 aliphatic rings. The average molecular weight is 596 g/mol. The van der Waals surface area contributed by atoms with Crippen LogP contribution in [0.1, 0.15) is 48.4 Å². The van der Waals surface area contributed by atoms with Gasteiger partial charge in [-0.1, -0.05) is 23.7 Å². The fraction of sp³-hybridized carbons (Fsp3) is 0.533. The summed E-state index contributed by atoms with van der Waals surface area (Å²) in [6.07, 6.45) is -2.94. The van der Waals surface area contributed by atoms with Crippen molar-refractivity contribution >= 4 is 23.4 Å². The van der Waals surface area contributed by atoms with E-state index in [1.54, 1.807) is 4.90 Å². The molecule has 1 N–H and O–H groups in total. The number of halogens is 4. The van der Waals surface area contributed by atoms with Crippen LogP contribution in [0.4, 0.5) is 13.2 Å². The van der Waals surface area contributed by atoms with Gasteiger partial charge in [0.05, 0.1) is 18.6 Å². The molecular weight excluding hydrogens is 559 g/mol. The summed E-state index contributed by atoms with van der Waals surface area (Å²) in [7, 11) is 0. The minimum Gasteiger partial charge on any atom is -0.490 e. The maximum atomic E-state index is 13.5. The molecule has 7 nitrogen and oxygen atoms in total. The second kappa shape index (κ2) is 13.0. The Balaban J connectivity index is 1.48. The Morgan fingerprint density at radius 1 is 1.10 bits per heavy atom. The Bertz CT molecular complexity index is 1210. The van der Waals surface area contributed by atoms with E-state index in [0.717, 1.165) is 28.8 Å². The second-order valence-corrected chi connectivity index (χ2v) is 11.5. The van der Waals surface area contributed by atoms with Crippen LogP contribution in [-0.4, -0.2) is 72.6 Å². The van der Waals surface area contributed by atoms with Crippen LogP contribution in [0.2, 0.25) is 5.02 Å². The number of nitrogens with one attached hydrogen (secondary N) is 1. The van der Waals surface area contributed by atoms with Crippen LogP contribution in [0, 0.1) is 13.8 Å². The Hall–Kier alpha value is -2.82. The normalized spacial score (nSPS) is 20.6. The van der Waals surface area contributed by atoms with Gasteiger partial charge in [-0.05, 0) is 67.6 Å². The van der Waals surface area contributed by atoms with E-state index in [1.807, 2.05) is 26.0 Å². The average Bonchev–Trinajstić information content (AvgIpc) is 2.90. The van der Waals surface area contributed by atoms with Gasteiger partial charge in [0.25, 0.3) is 0 Å². The van der Waals surface area contributed by atoms with Crippen molar-refractivity contribution in [1.29, 1.82) is 0 Å². The first-order valence-corrected chi connectivity index (χ1v) is 14.2. The van der Waals surface area contributed by atoms with Crippen LogP contribution in [0.25, 0.3) is 0 Å². The van der Waals surface area contributed by atoms with E-state index in [9.17, 15) is 22.8 Å². The first kappa shape index (κ1) is 31.1. The van der Waals surface area contributed by atoms with Gasteiger partial charge in [-0.3, -0.25) is 14.5 Å². The molecule has 0 saturated carbocycles. The third-order valence-electron chi connectivity index (χ3n) is 7.66. The van der Waals surface area contributed by atoms with Crippen molar-refractivity contribution in [2.45, 2.75) is 64.4 Å². The summed E-state index contributed by atoms with van der Waals surface area (Å²) < 4.78 is 51.6. The van der Waals surface area contributed by atoms with E-state index in [2.05, 4.69) is 10.2 Å². The number of rotatable bonds is 8. The van der Waals surface area contributed by atoms with E-state index in [1.165, 1.54) is 19.1 Å². The van der Waals surface area contributed by atoms with Crippen LogP contribution >= 0.6 is 11.6 Å². The largest absolute Gasteiger partial charge is 0.490 e. The van der Waals surface area contributed by atoms with Gasteiger partial charge in [0.1, 0.15) is 18.0 Å². The molecule has 0 unspecified atom stereocenters. The highest BCUT2D eigenvalue weighted by molar-refractivity contribution is 6.32. The SMILES string of the molecule is CC(=O)NC1CCN(C(=O)C[C@]2(COc3cc(C)c(Cl)c(C)c3)CN(Cc3ccc(C(F)(F)F)cc3)CCO2)CC1. The molecule has 2 aromatic carbocycles. The molecule has 2 fully saturated rings. The summed E-state index contributed by atoms with van der Waals surface area (Å²) in [6.45, 7) is 8.17. The topological polar surface area (TPSA) is 71.1 Å². The molecule has 0 aromatic heterocycles. The van der Waals surface area contributed by atoms with Crippen LogP contribution in [0.3, 0.4) is 0 Å². The highest BCUT2D eigenvalue weighted by Gasteiger charge is 2.41. The number of hydrogen-bond acceptors (Lipinski definition) is 5. The van der Waals surface area contributed by atoms with E-state index in [4.69, 9.17) is 21.1 Å².